The van der Waals surface area contributed by atoms with Gasteiger partial charge in [-0.3, -0.25) is 9.89 Å². The van der Waals surface area contributed by atoms with E-state index in [9.17, 15) is 9.90 Å². The molecule has 2 aromatic rings. The molecular formula is C15H15Cl2N3O2. The molecule has 0 radical (unpaired) electrons. The van der Waals surface area contributed by atoms with E-state index in [1.54, 1.807) is 6.07 Å². The molecule has 5 nitrogen and oxygen atoms in total. The molecule has 1 aromatic heterocycles. The lowest BCUT2D eigenvalue weighted by Gasteiger charge is -2.24. The minimum atomic E-state index is -0.319. The number of amides is 1. The highest BCUT2D eigenvalue weighted by Crippen LogP contribution is 2.44. The van der Waals surface area contributed by atoms with Gasteiger partial charge in [-0.25, -0.2) is 0 Å². The number of H-pyrrole nitrogens is 1. The summed E-state index contributed by atoms with van der Waals surface area (Å²) >= 11 is 12.1. The number of halogens is 2. The van der Waals surface area contributed by atoms with E-state index in [0.29, 0.717) is 16.4 Å². The summed E-state index contributed by atoms with van der Waals surface area (Å²) < 4.78 is 0. The van der Waals surface area contributed by atoms with E-state index in [0.717, 1.165) is 24.1 Å². The summed E-state index contributed by atoms with van der Waals surface area (Å²) in [7, 11) is 0. The van der Waals surface area contributed by atoms with Gasteiger partial charge in [0.15, 0.2) is 5.82 Å². The quantitative estimate of drug-likeness (QED) is 0.794. The number of carbonyl (C=O) groups excluding carboxylic acids is 1. The topological polar surface area (TPSA) is 78.0 Å². The van der Waals surface area contributed by atoms with Gasteiger partial charge in [0.2, 0.25) is 5.91 Å². The lowest BCUT2D eigenvalue weighted by atomic mass is 9.84. The zero-order chi connectivity index (χ0) is 15.9. The Morgan fingerprint density at radius 2 is 2.18 bits per heavy atom. The molecule has 1 aliphatic heterocycles. The van der Waals surface area contributed by atoms with Crippen LogP contribution in [-0.2, 0) is 11.2 Å². The van der Waals surface area contributed by atoms with Gasteiger partial charge in [-0.1, -0.05) is 36.5 Å². The second kappa shape index (κ2) is 5.82. The van der Waals surface area contributed by atoms with Gasteiger partial charge in [-0.05, 0) is 18.6 Å². The lowest BCUT2D eigenvalue weighted by Crippen LogP contribution is -2.23. The number of phenols is 1. The number of aromatic nitrogens is 2. The highest BCUT2D eigenvalue weighted by atomic mass is 35.5. The Balaban J connectivity index is 2.16. The molecule has 1 aliphatic rings. The molecule has 1 aromatic carbocycles. The van der Waals surface area contributed by atoms with Crippen LogP contribution in [0, 0.1) is 0 Å². The van der Waals surface area contributed by atoms with E-state index >= 15 is 0 Å². The van der Waals surface area contributed by atoms with Crippen LogP contribution in [-0.4, -0.2) is 21.2 Å². The van der Waals surface area contributed by atoms with Crippen LogP contribution in [0.15, 0.2) is 12.1 Å². The van der Waals surface area contributed by atoms with Crippen LogP contribution in [0.5, 0.6) is 5.75 Å². The molecule has 0 bridgehead atoms. The van der Waals surface area contributed by atoms with Crippen molar-refractivity contribution in [2.24, 2.45) is 0 Å². The van der Waals surface area contributed by atoms with Crippen LogP contribution in [0.3, 0.4) is 0 Å². The van der Waals surface area contributed by atoms with Gasteiger partial charge >= 0.3 is 0 Å². The third-order valence-electron chi connectivity index (χ3n) is 3.81. The molecule has 0 saturated carbocycles. The van der Waals surface area contributed by atoms with Gasteiger partial charge in [0.25, 0.3) is 0 Å². The van der Waals surface area contributed by atoms with Crippen LogP contribution in [0.25, 0.3) is 0 Å². The van der Waals surface area contributed by atoms with Crippen molar-refractivity contribution in [3.8, 4) is 5.75 Å². The number of nitrogens with zero attached hydrogens (tertiary/aromatic N) is 1. The minimum absolute atomic E-state index is 0.0413. The van der Waals surface area contributed by atoms with E-state index in [1.165, 1.54) is 6.07 Å². The largest absolute Gasteiger partial charge is 0.506 e. The second-order valence-corrected chi connectivity index (χ2v) is 6.19. The van der Waals surface area contributed by atoms with Crippen molar-refractivity contribution >= 4 is 34.9 Å². The molecule has 7 heteroatoms. The molecule has 0 saturated heterocycles. The van der Waals surface area contributed by atoms with Crippen molar-refractivity contribution in [1.82, 2.24) is 10.2 Å². The van der Waals surface area contributed by atoms with E-state index < -0.39 is 0 Å². The smallest absolute Gasteiger partial charge is 0.226 e. The molecular weight excluding hydrogens is 325 g/mol. The van der Waals surface area contributed by atoms with Crippen molar-refractivity contribution in [3.05, 3.63) is 39.0 Å². The molecule has 0 spiro atoms. The molecule has 0 unspecified atom stereocenters. The third kappa shape index (κ3) is 2.55. The standard InChI is InChI=1S/C15H15Cl2N3O2/c1-2-3-11-13-8(6-12(21)18-15(13)20-19-11)9-4-7(16)5-10(17)14(9)22/h4-5,8,22H,2-3,6H2,1H3,(H2,18,19,20,21)/t8-/m1/s1. The summed E-state index contributed by atoms with van der Waals surface area (Å²) in [5.41, 5.74) is 2.40. The summed E-state index contributed by atoms with van der Waals surface area (Å²) in [4.78, 5) is 11.9. The maximum Gasteiger partial charge on any atom is 0.226 e. The van der Waals surface area contributed by atoms with Gasteiger partial charge in [0.1, 0.15) is 5.75 Å². The Kier molecular flexibility index (Phi) is 4.02. The molecule has 3 N–H and O–H groups in total. The number of anilines is 1. The number of carbonyl (C=O) groups is 1. The van der Waals surface area contributed by atoms with Gasteiger partial charge in [0, 0.05) is 34.2 Å². The summed E-state index contributed by atoms with van der Waals surface area (Å²) in [6.45, 7) is 2.07. The molecule has 1 atom stereocenters. The van der Waals surface area contributed by atoms with Crippen LogP contribution in [0.2, 0.25) is 10.0 Å². The average molecular weight is 340 g/mol. The van der Waals surface area contributed by atoms with Gasteiger partial charge < -0.3 is 10.4 Å². The SMILES string of the molecule is CCCc1[nH]nc2c1[C@@H](c1cc(Cl)cc(Cl)c1O)CC(=O)N2. The Morgan fingerprint density at radius 3 is 2.91 bits per heavy atom. The first-order chi connectivity index (χ1) is 10.5. The zero-order valence-corrected chi connectivity index (χ0v) is 13.4. The molecule has 3 rings (SSSR count). The van der Waals surface area contributed by atoms with Crippen LogP contribution >= 0.6 is 23.2 Å². The van der Waals surface area contributed by atoms with E-state index in [4.69, 9.17) is 23.2 Å². The van der Waals surface area contributed by atoms with Crippen molar-refractivity contribution in [2.45, 2.75) is 32.1 Å². The second-order valence-electron chi connectivity index (χ2n) is 5.34. The predicted octanol–water partition coefficient (Wildman–Crippen LogP) is 3.85. The number of benzene rings is 1. The molecule has 2 heterocycles. The first-order valence-electron chi connectivity index (χ1n) is 7.06. The van der Waals surface area contributed by atoms with Crippen LogP contribution in [0.4, 0.5) is 5.82 Å². The number of aromatic amines is 1. The van der Waals surface area contributed by atoms with E-state index in [1.807, 2.05) is 0 Å². The Morgan fingerprint density at radius 1 is 1.41 bits per heavy atom. The number of phenolic OH excluding ortho intramolecular Hbond substituents is 1. The maximum atomic E-state index is 11.9. The van der Waals surface area contributed by atoms with Crippen LogP contribution < -0.4 is 5.32 Å². The monoisotopic (exact) mass is 339 g/mol. The first-order valence-corrected chi connectivity index (χ1v) is 7.81. The Hall–Kier alpha value is -1.72. The van der Waals surface area contributed by atoms with Gasteiger partial charge in [-0.15, -0.1) is 0 Å². The summed E-state index contributed by atoms with van der Waals surface area (Å²) in [6.07, 6.45) is 1.97. The Labute approximate surface area is 137 Å². The van der Waals surface area contributed by atoms with E-state index in [2.05, 4.69) is 22.4 Å². The highest BCUT2D eigenvalue weighted by molar-refractivity contribution is 6.35. The summed E-state index contributed by atoms with van der Waals surface area (Å²) in [5.74, 6) is 0.00311. The molecule has 1 amide bonds. The number of nitrogens with one attached hydrogen (secondary N) is 2. The minimum Gasteiger partial charge on any atom is -0.506 e. The maximum absolute atomic E-state index is 11.9. The lowest BCUT2D eigenvalue weighted by molar-refractivity contribution is -0.116. The van der Waals surface area contributed by atoms with E-state index in [-0.39, 0.29) is 29.0 Å². The fraction of sp³-hybridized carbons (Fsp3) is 0.333. The highest BCUT2D eigenvalue weighted by Gasteiger charge is 2.33. The van der Waals surface area contributed by atoms with Gasteiger partial charge in [0.05, 0.1) is 5.02 Å². The fourth-order valence-electron chi connectivity index (χ4n) is 2.89. The van der Waals surface area contributed by atoms with Crippen molar-refractivity contribution in [1.29, 1.82) is 0 Å². The van der Waals surface area contributed by atoms with Crippen molar-refractivity contribution in [2.75, 3.05) is 5.32 Å². The molecule has 0 aliphatic carbocycles. The average Bonchev–Trinajstić information content (AvgIpc) is 2.85. The number of hydrogen-bond acceptors (Lipinski definition) is 3. The number of fused-ring (bicyclic) bond motifs is 1. The summed E-state index contributed by atoms with van der Waals surface area (Å²) in [6, 6.07) is 3.13. The number of hydrogen-bond donors (Lipinski definition) is 3. The molecule has 0 fully saturated rings. The first kappa shape index (κ1) is 15.2. The molecule has 116 valence electrons. The predicted molar refractivity (Wildman–Crippen MR) is 85.8 cm³/mol. The summed E-state index contributed by atoms with van der Waals surface area (Å²) in [5, 5.41) is 20.8. The molecule has 22 heavy (non-hydrogen) atoms. The number of rotatable bonds is 3. The Bertz CT molecular complexity index is 743. The van der Waals surface area contributed by atoms with Gasteiger partial charge in [-0.2, -0.15) is 5.10 Å². The zero-order valence-electron chi connectivity index (χ0n) is 11.9. The fourth-order valence-corrected chi connectivity index (χ4v) is 3.39. The van der Waals surface area contributed by atoms with Crippen molar-refractivity contribution in [3.63, 3.8) is 0 Å². The number of aryl methyl sites for hydroxylation is 1. The normalized spacial score (nSPS) is 17.2. The van der Waals surface area contributed by atoms with Crippen LogP contribution in [0.1, 0.15) is 42.5 Å². The number of aromatic hydroxyl groups is 1. The van der Waals surface area contributed by atoms with Crippen molar-refractivity contribution < 1.29 is 9.90 Å². The third-order valence-corrected chi connectivity index (χ3v) is 4.32.